The second-order valence-electron chi connectivity index (χ2n) is 3.73. The second-order valence-corrected chi connectivity index (χ2v) is 3.73. The topological polar surface area (TPSA) is 35.5 Å². The van der Waals surface area contributed by atoms with Gasteiger partial charge in [-0.05, 0) is 18.6 Å². The van der Waals surface area contributed by atoms with E-state index in [1.165, 1.54) is 7.11 Å². The van der Waals surface area contributed by atoms with E-state index in [-0.39, 0.29) is 6.10 Å². The van der Waals surface area contributed by atoms with Gasteiger partial charge in [-0.2, -0.15) is 0 Å². The number of hydrogen-bond acceptors (Lipinski definition) is 3. The SMILES string of the molecule is C=C(C(=O)OC)C(CCC)Oc1ccccc1. The molecule has 0 spiro atoms. The number of carbonyl (C=O) groups is 1. The van der Waals surface area contributed by atoms with Crippen LogP contribution in [0.25, 0.3) is 0 Å². The number of para-hydroxylation sites is 1. The first-order chi connectivity index (χ1) is 8.19. The highest BCUT2D eigenvalue weighted by molar-refractivity contribution is 5.88. The van der Waals surface area contributed by atoms with Crippen molar-refractivity contribution in [1.82, 2.24) is 0 Å². The summed E-state index contributed by atoms with van der Waals surface area (Å²) in [7, 11) is 1.35. The first kappa shape index (κ1) is 13.3. The Hall–Kier alpha value is -1.77. The van der Waals surface area contributed by atoms with Gasteiger partial charge in [-0.25, -0.2) is 4.79 Å². The Labute approximate surface area is 102 Å². The minimum absolute atomic E-state index is 0.324. The molecule has 3 nitrogen and oxygen atoms in total. The molecule has 0 saturated heterocycles. The van der Waals surface area contributed by atoms with Crippen LogP contribution in [0, 0.1) is 0 Å². The van der Waals surface area contributed by atoms with Crippen LogP contribution in [-0.4, -0.2) is 19.2 Å². The van der Waals surface area contributed by atoms with Crippen LogP contribution in [0.5, 0.6) is 5.75 Å². The number of carbonyl (C=O) groups excluding carboxylic acids is 1. The third-order valence-corrected chi connectivity index (χ3v) is 2.41. The van der Waals surface area contributed by atoms with Gasteiger partial charge in [-0.3, -0.25) is 0 Å². The van der Waals surface area contributed by atoms with Crippen molar-refractivity contribution < 1.29 is 14.3 Å². The fourth-order valence-corrected chi connectivity index (χ4v) is 1.49. The average molecular weight is 234 g/mol. The van der Waals surface area contributed by atoms with E-state index in [0.717, 1.165) is 18.6 Å². The fraction of sp³-hybridized carbons (Fsp3) is 0.357. The van der Waals surface area contributed by atoms with Crippen LogP contribution in [0.4, 0.5) is 0 Å². The zero-order valence-electron chi connectivity index (χ0n) is 10.3. The van der Waals surface area contributed by atoms with Crippen molar-refractivity contribution >= 4 is 5.97 Å². The van der Waals surface area contributed by atoms with Crippen molar-refractivity contribution in [2.45, 2.75) is 25.9 Å². The van der Waals surface area contributed by atoms with E-state index in [2.05, 4.69) is 11.3 Å². The largest absolute Gasteiger partial charge is 0.485 e. The summed E-state index contributed by atoms with van der Waals surface area (Å²) in [5.41, 5.74) is 0.359. The highest BCUT2D eigenvalue weighted by Crippen LogP contribution is 2.18. The van der Waals surface area contributed by atoms with E-state index >= 15 is 0 Å². The van der Waals surface area contributed by atoms with Crippen molar-refractivity contribution in [3.8, 4) is 5.75 Å². The molecule has 0 aliphatic carbocycles. The Bertz CT molecular complexity index is 370. The molecule has 0 saturated carbocycles. The number of benzene rings is 1. The summed E-state index contributed by atoms with van der Waals surface area (Å²) in [5, 5.41) is 0. The van der Waals surface area contributed by atoms with Gasteiger partial charge < -0.3 is 9.47 Å². The maximum atomic E-state index is 11.4. The average Bonchev–Trinajstić information content (AvgIpc) is 2.37. The molecular formula is C14H18O3. The molecule has 0 heterocycles. The van der Waals surface area contributed by atoms with Crippen molar-refractivity contribution in [2.24, 2.45) is 0 Å². The molecule has 0 bridgehead atoms. The van der Waals surface area contributed by atoms with Crippen LogP contribution in [0.15, 0.2) is 42.5 Å². The molecule has 1 unspecified atom stereocenters. The third-order valence-electron chi connectivity index (χ3n) is 2.41. The molecule has 0 aromatic heterocycles. The van der Waals surface area contributed by atoms with Crippen LogP contribution in [0.3, 0.4) is 0 Å². The summed E-state index contributed by atoms with van der Waals surface area (Å²) in [6.07, 6.45) is 1.32. The first-order valence-electron chi connectivity index (χ1n) is 5.67. The Morgan fingerprint density at radius 3 is 2.53 bits per heavy atom. The summed E-state index contributed by atoms with van der Waals surface area (Å²) in [5.74, 6) is 0.315. The molecule has 1 atom stereocenters. The molecular weight excluding hydrogens is 216 g/mol. The van der Waals surface area contributed by atoms with Crippen molar-refractivity contribution in [3.05, 3.63) is 42.5 Å². The first-order valence-corrected chi connectivity index (χ1v) is 5.67. The minimum atomic E-state index is -0.417. The van der Waals surface area contributed by atoms with Gasteiger partial charge in [-0.15, -0.1) is 0 Å². The van der Waals surface area contributed by atoms with Gasteiger partial charge >= 0.3 is 5.97 Å². The normalized spacial score (nSPS) is 11.6. The summed E-state index contributed by atoms with van der Waals surface area (Å²) >= 11 is 0. The molecule has 1 rings (SSSR count). The Balaban J connectivity index is 2.73. The molecule has 0 N–H and O–H groups in total. The summed E-state index contributed by atoms with van der Waals surface area (Å²) in [4.78, 5) is 11.4. The standard InChI is InChI=1S/C14H18O3/c1-4-8-13(11(2)14(15)16-3)17-12-9-6-5-7-10-12/h5-7,9-10,13H,2,4,8H2,1,3H3. The Kier molecular flexibility index (Phi) is 5.27. The molecule has 3 heteroatoms. The van der Waals surface area contributed by atoms with E-state index in [4.69, 9.17) is 4.74 Å². The predicted octanol–water partition coefficient (Wildman–Crippen LogP) is 2.96. The lowest BCUT2D eigenvalue weighted by Gasteiger charge is -2.19. The van der Waals surface area contributed by atoms with E-state index in [1.54, 1.807) is 0 Å². The van der Waals surface area contributed by atoms with Crippen molar-refractivity contribution in [2.75, 3.05) is 7.11 Å². The molecule has 92 valence electrons. The van der Waals surface area contributed by atoms with Gasteiger partial charge in [0.1, 0.15) is 11.9 Å². The van der Waals surface area contributed by atoms with Gasteiger partial charge in [0.05, 0.1) is 12.7 Å². The summed E-state index contributed by atoms with van der Waals surface area (Å²) in [6, 6.07) is 9.40. The zero-order valence-corrected chi connectivity index (χ0v) is 10.3. The molecule has 1 aromatic carbocycles. The maximum Gasteiger partial charge on any atom is 0.336 e. The lowest BCUT2D eigenvalue weighted by atomic mass is 10.1. The number of rotatable bonds is 6. The number of methoxy groups -OCH3 is 1. The van der Waals surface area contributed by atoms with Crippen LogP contribution in [0.2, 0.25) is 0 Å². The molecule has 1 aromatic rings. The maximum absolute atomic E-state index is 11.4. The molecule has 0 amide bonds. The van der Waals surface area contributed by atoms with Gasteiger partial charge in [0.2, 0.25) is 0 Å². The van der Waals surface area contributed by atoms with E-state index in [1.807, 2.05) is 37.3 Å². The van der Waals surface area contributed by atoms with Crippen LogP contribution in [-0.2, 0) is 9.53 Å². The van der Waals surface area contributed by atoms with Gasteiger partial charge in [0, 0.05) is 0 Å². The highest BCUT2D eigenvalue weighted by Gasteiger charge is 2.20. The van der Waals surface area contributed by atoms with E-state index in [9.17, 15) is 4.79 Å². The molecule has 17 heavy (non-hydrogen) atoms. The molecule has 0 aliphatic rings. The van der Waals surface area contributed by atoms with Gasteiger partial charge in [-0.1, -0.05) is 38.1 Å². The highest BCUT2D eigenvalue weighted by atomic mass is 16.5. The van der Waals surface area contributed by atoms with E-state index in [0.29, 0.717) is 5.57 Å². The predicted molar refractivity (Wildman–Crippen MR) is 66.9 cm³/mol. The second kappa shape index (κ2) is 6.74. The quantitative estimate of drug-likeness (QED) is 0.560. The van der Waals surface area contributed by atoms with E-state index < -0.39 is 5.97 Å². The van der Waals surface area contributed by atoms with Crippen molar-refractivity contribution in [3.63, 3.8) is 0 Å². The summed E-state index contributed by atoms with van der Waals surface area (Å²) in [6.45, 7) is 5.77. The minimum Gasteiger partial charge on any atom is -0.485 e. The Morgan fingerprint density at radius 1 is 1.35 bits per heavy atom. The summed E-state index contributed by atoms with van der Waals surface area (Å²) < 4.78 is 10.4. The van der Waals surface area contributed by atoms with Gasteiger partial charge in [0.25, 0.3) is 0 Å². The Morgan fingerprint density at radius 2 is 2.00 bits per heavy atom. The zero-order chi connectivity index (χ0) is 12.7. The fourth-order valence-electron chi connectivity index (χ4n) is 1.49. The lowest BCUT2D eigenvalue weighted by molar-refractivity contribution is -0.137. The lowest BCUT2D eigenvalue weighted by Crippen LogP contribution is -2.24. The number of esters is 1. The monoisotopic (exact) mass is 234 g/mol. The van der Waals surface area contributed by atoms with Crippen molar-refractivity contribution in [1.29, 1.82) is 0 Å². The smallest absolute Gasteiger partial charge is 0.336 e. The third kappa shape index (κ3) is 3.94. The van der Waals surface area contributed by atoms with Crippen LogP contribution in [0.1, 0.15) is 19.8 Å². The van der Waals surface area contributed by atoms with Crippen LogP contribution >= 0.6 is 0 Å². The number of hydrogen-bond donors (Lipinski definition) is 0. The van der Waals surface area contributed by atoms with Crippen LogP contribution < -0.4 is 4.74 Å². The number of ether oxygens (including phenoxy) is 2. The van der Waals surface area contributed by atoms with Gasteiger partial charge in [0.15, 0.2) is 0 Å². The molecule has 0 aliphatic heterocycles. The molecule has 0 fully saturated rings. The molecule has 0 radical (unpaired) electrons.